The van der Waals surface area contributed by atoms with E-state index in [1.54, 1.807) is 5.38 Å². The molecule has 1 aromatic carbocycles. The fourth-order valence-corrected chi connectivity index (χ4v) is 4.70. The minimum Gasteiger partial charge on any atom is -0.494 e. The Balaban J connectivity index is 1.36. The van der Waals surface area contributed by atoms with Crippen molar-refractivity contribution in [3.05, 3.63) is 56.7 Å². The number of aliphatic hydroxyl groups is 1. The van der Waals surface area contributed by atoms with Crippen molar-refractivity contribution in [1.82, 2.24) is 15.3 Å². The average molecular weight is 492 g/mol. The lowest BCUT2D eigenvalue weighted by Gasteiger charge is -2.27. The van der Waals surface area contributed by atoms with Crippen molar-refractivity contribution in [3.8, 4) is 5.75 Å². The molecule has 3 N–H and O–H groups in total. The molecule has 3 heterocycles. The molecule has 0 spiro atoms. The molecule has 2 aromatic heterocycles. The molecule has 1 aliphatic heterocycles. The zero-order chi connectivity index (χ0) is 24.1. The fourth-order valence-electron chi connectivity index (χ4n) is 3.77. The number of nitrogens with one attached hydrogen (secondary N) is 2. The number of carbonyl (C=O) groups is 1. The highest BCUT2D eigenvalue weighted by Crippen LogP contribution is 2.24. The monoisotopic (exact) mass is 491 g/mol. The third-order valence-corrected chi connectivity index (χ3v) is 6.60. The molecule has 1 aliphatic rings. The second-order valence-corrected chi connectivity index (χ2v) is 8.96. The number of aromatic amines is 1. The van der Waals surface area contributed by atoms with Crippen LogP contribution in [0.15, 0.2) is 28.4 Å². The van der Waals surface area contributed by atoms with Crippen molar-refractivity contribution in [3.63, 3.8) is 0 Å². The Hall–Kier alpha value is -2.86. The van der Waals surface area contributed by atoms with Gasteiger partial charge in [0.25, 0.3) is 11.5 Å². The highest BCUT2D eigenvalue weighted by molar-refractivity contribution is 7.16. The van der Waals surface area contributed by atoms with Crippen LogP contribution in [0.5, 0.6) is 5.75 Å². The largest absolute Gasteiger partial charge is 0.494 e. The molecule has 11 heteroatoms. The smallest absolute Gasteiger partial charge is 0.287 e. The fraction of sp³-hybridized carbons (Fsp3) is 0.435. The van der Waals surface area contributed by atoms with Gasteiger partial charge in [0.05, 0.1) is 45.0 Å². The van der Waals surface area contributed by atoms with E-state index in [0.29, 0.717) is 34.6 Å². The summed E-state index contributed by atoms with van der Waals surface area (Å²) in [6, 6.07) is 4.28. The first-order valence-electron chi connectivity index (χ1n) is 10.9. The van der Waals surface area contributed by atoms with Crippen molar-refractivity contribution in [2.24, 2.45) is 5.92 Å². The van der Waals surface area contributed by atoms with Crippen LogP contribution in [0.1, 0.15) is 34.6 Å². The molecule has 1 saturated heterocycles. The Kier molecular flexibility index (Phi) is 7.88. The van der Waals surface area contributed by atoms with E-state index in [-0.39, 0.29) is 43.4 Å². The highest BCUT2D eigenvalue weighted by Gasteiger charge is 2.22. The SMILES string of the molecule is COc1cc(CNC(=O)c2nc3scc(COCC4CCC(CO)OC4)c3c(=O)[nH]2)ccc1F. The number of H-pyrrole nitrogens is 1. The molecular weight excluding hydrogens is 465 g/mol. The van der Waals surface area contributed by atoms with Gasteiger partial charge in [0, 0.05) is 18.0 Å². The van der Waals surface area contributed by atoms with Crippen molar-refractivity contribution < 1.29 is 28.5 Å². The normalized spacial score (nSPS) is 18.2. The van der Waals surface area contributed by atoms with Crippen molar-refractivity contribution in [1.29, 1.82) is 0 Å². The van der Waals surface area contributed by atoms with Gasteiger partial charge in [-0.05, 0) is 35.9 Å². The molecule has 2 unspecified atom stereocenters. The molecule has 0 bridgehead atoms. The van der Waals surface area contributed by atoms with Crippen LogP contribution in [0.25, 0.3) is 10.2 Å². The Bertz CT molecular complexity index is 1210. The van der Waals surface area contributed by atoms with Gasteiger partial charge in [0.2, 0.25) is 5.82 Å². The first kappa shape index (κ1) is 24.3. The summed E-state index contributed by atoms with van der Waals surface area (Å²) in [4.78, 5) is 32.5. The Morgan fingerprint density at radius 3 is 3.00 bits per heavy atom. The molecule has 4 rings (SSSR count). The number of amides is 1. The van der Waals surface area contributed by atoms with E-state index in [0.717, 1.165) is 12.8 Å². The molecule has 34 heavy (non-hydrogen) atoms. The molecule has 3 aromatic rings. The van der Waals surface area contributed by atoms with Gasteiger partial charge < -0.3 is 29.6 Å². The van der Waals surface area contributed by atoms with Gasteiger partial charge in [0.1, 0.15) is 4.83 Å². The standard InChI is InChI=1S/C23H26FN3O6S/c1-31-18-6-13(3-5-17(18)24)7-25-22(30)20-26-21(29)19-15(12-34-23(19)27-20)11-32-9-14-2-4-16(8-28)33-10-14/h3,5-6,12,14,16,28H,2,4,7-11H2,1H3,(H,25,30)(H,26,27,29). The number of hydrogen-bond acceptors (Lipinski definition) is 8. The summed E-state index contributed by atoms with van der Waals surface area (Å²) < 4.78 is 29.9. The molecule has 0 aliphatic carbocycles. The molecule has 9 nitrogen and oxygen atoms in total. The van der Waals surface area contributed by atoms with E-state index in [4.69, 9.17) is 19.3 Å². The third kappa shape index (κ3) is 5.61. The summed E-state index contributed by atoms with van der Waals surface area (Å²) in [5.41, 5.74) is 0.940. The van der Waals surface area contributed by atoms with Crippen molar-refractivity contribution >= 4 is 27.5 Å². The van der Waals surface area contributed by atoms with Gasteiger partial charge in [-0.25, -0.2) is 9.37 Å². The summed E-state index contributed by atoms with van der Waals surface area (Å²) >= 11 is 1.27. The summed E-state index contributed by atoms with van der Waals surface area (Å²) in [6.45, 7) is 1.44. The number of fused-ring (bicyclic) bond motifs is 1. The summed E-state index contributed by atoms with van der Waals surface area (Å²) in [6.07, 6.45) is 1.63. The van der Waals surface area contributed by atoms with Crippen LogP contribution in [-0.4, -0.2) is 54.0 Å². The van der Waals surface area contributed by atoms with Crippen LogP contribution in [0, 0.1) is 11.7 Å². The zero-order valence-corrected chi connectivity index (χ0v) is 19.5. The van der Waals surface area contributed by atoms with Gasteiger partial charge in [-0.15, -0.1) is 11.3 Å². The number of aliphatic hydroxyl groups excluding tert-OH is 1. The molecule has 1 amide bonds. The van der Waals surface area contributed by atoms with Crippen LogP contribution < -0.4 is 15.6 Å². The average Bonchev–Trinajstić information content (AvgIpc) is 3.27. The predicted molar refractivity (Wildman–Crippen MR) is 124 cm³/mol. The van der Waals surface area contributed by atoms with Gasteiger partial charge in [-0.3, -0.25) is 9.59 Å². The maximum atomic E-state index is 13.5. The van der Waals surface area contributed by atoms with E-state index in [9.17, 15) is 14.0 Å². The second-order valence-electron chi connectivity index (χ2n) is 8.10. The van der Waals surface area contributed by atoms with Crippen molar-refractivity contribution in [2.75, 3.05) is 26.9 Å². The number of benzene rings is 1. The van der Waals surface area contributed by atoms with E-state index in [1.165, 1.54) is 36.6 Å². The number of rotatable bonds is 9. The minimum absolute atomic E-state index is 0.0330. The maximum Gasteiger partial charge on any atom is 0.287 e. The lowest BCUT2D eigenvalue weighted by molar-refractivity contribution is -0.0632. The number of aromatic nitrogens is 2. The van der Waals surface area contributed by atoms with E-state index in [2.05, 4.69) is 15.3 Å². The Morgan fingerprint density at radius 2 is 2.26 bits per heavy atom. The molecule has 0 radical (unpaired) electrons. The van der Waals surface area contributed by atoms with Crippen LogP contribution in [0.2, 0.25) is 0 Å². The molecular formula is C23H26FN3O6S. The van der Waals surface area contributed by atoms with E-state index < -0.39 is 17.3 Å². The Morgan fingerprint density at radius 1 is 1.41 bits per heavy atom. The summed E-state index contributed by atoms with van der Waals surface area (Å²) in [5, 5.41) is 14.0. The topological polar surface area (TPSA) is 123 Å². The maximum absolute atomic E-state index is 13.5. The zero-order valence-electron chi connectivity index (χ0n) is 18.6. The molecule has 182 valence electrons. The Labute approximate surface area is 198 Å². The highest BCUT2D eigenvalue weighted by atomic mass is 32.1. The first-order chi connectivity index (χ1) is 16.5. The first-order valence-corrected chi connectivity index (χ1v) is 11.8. The van der Waals surface area contributed by atoms with Crippen molar-refractivity contribution in [2.45, 2.75) is 32.1 Å². The lowest BCUT2D eigenvalue weighted by atomic mass is 9.99. The molecule has 1 fully saturated rings. The second kappa shape index (κ2) is 11.0. The summed E-state index contributed by atoms with van der Waals surface area (Å²) in [7, 11) is 1.36. The van der Waals surface area contributed by atoms with Crippen LogP contribution >= 0.6 is 11.3 Å². The number of nitrogens with zero attached hydrogens (tertiary/aromatic N) is 1. The number of ether oxygens (including phenoxy) is 3. The molecule has 2 atom stereocenters. The van der Waals surface area contributed by atoms with E-state index >= 15 is 0 Å². The summed E-state index contributed by atoms with van der Waals surface area (Å²) in [5.74, 6) is -0.807. The predicted octanol–water partition coefficient (Wildman–Crippen LogP) is 2.37. The van der Waals surface area contributed by atoms with Gasteiger partial charge in [-0.2, -0.15) is 0 Å². The van der Waals surface area contributed by atoms with Gasteiger partial charge in [-0.1, -0.05) is 6.07 Å². The third-order valence-electron chi connectivity index (χ3n) is 5.68. The quantitative estimate of drug-likeness (QED) is 0.420. The van der Waals surface area contributed by atoms with Crippen LogP contribution in [0.4, 0.5) is 4.39 Å². The number of hydrogen-bond donors (Lipinski definition) is 3. The van der Waals surface area contributed by atoms with Crippen LogP contribution in [-0.2, 0) is 22.6 Å². The number of methoxy groups -OCH3 is 1. The lowest BCUT2D eigenvalue weighted by Crippen LogP contribution is -2.30. The van der Waals surface area contributed by atoms with Gasteiger partial charge >= 0.3 is 0 Å². The number of carbonyl (C=O) groups excluding carboxylic acids is 1. The van der Waals surface area contributed by atoms with Gasteiger partial charge in [0.15, 0.2) is 11.6 Å². The number of thiophene rings is 1. The van der Waals surface area contributed by atoms with Crippen LogP contribution in [0.3, 0.4) is 0 Å². The van der Waals surface area contributed by atoms with E-state index in [1.807, 2.05) is 0 Å². The number of halogens is 1. The minimum atomic E-state index is -0.549. The molecule has 0 saturated carbocycles.